The van der Waals surface area contributed by atoms with Crippen LogP contribution in [0.5, 0.6) is 0 Å². The molecule has 1 aliphatic heterocycles. The highest BCUT2D eigenvalue weighted by Gasteiger charge is 2.24. The fourth-order valence-corrected chi connectivity index (χ4v) is 3.53. The minimum atomic E-state index is -1.00. The molecule has 0 aromatic carbocycles. The third-order valence-corrected chi connectivity index (χ3v) is 4.43. The summed E-state index contributed by atoms with van der Waals surface area (Å²) in [5.41, 5.74) is 0.170. The molecular formula is C10H11NO3S2. The molecule has 1 amide bonds. The Morgan fingerprint density at radius 1 is 1.50 bits per heavy atom. The monoisotopic (exact) mass is 257 g/mol. The number of anilines is 1. The summed E-state index contributed by atoms with van der Waals surface area (Å²) in [6, 6.07) is 1.51. The van der Waals surface area contributed by atoms with E-state index in [1.807, 2.05) is 0 Å². The van der Waals surface area contributed by atoms with Gasteiger partial charge in [0, 0.05) is 11.7 Å². The number of carbonyl (C=O) groups is 2. The fourth-order valence-electron chi connectivity index (χ4n) is 1.53. The van der Waals surface area contributed by atoms with Gasteiger partial charge >= 0.3 is 5.97 Å². The minimum Gasteiger partial charge on any atom is -0.478 e. The zero-order chi connectivity index (χ0) is 11.5. The van der Waals surface area contributed by atoms with Gasteiger partial charge in [-0.3, -0.25) is 4.79 Å². The van der Waals surface area contributed by atoms with Crippen LogP contribution in [0.1, 0.15) is 16.8 Å². The molecule has 1 aliphatic rings. The number of amides is 1. The van der Waals surface area contributed by atoms with Crippen molar-refractivity contribution in [1.82, 2.24) is 0 Å². The standard InChI is InChI=1S/C10H11NO3S2/c12-8(6-1-3-15-5-6)11-9-7(10(13)14)2-4-16-9/h2,4,6H,1,3,5H2,(H,11,12)(H,13,14). The number of nitrogens with one attached hydrogen (secondary N) is 1. The number of carboxylic acid groups (broad SMARTS) is 1. The van der Waals surface area contributed by atoms with Crippen LogP contribution in [0.25, 0.3) is 0 Å². The smallest absolute Gasteiger partial charge is 0.338 e. The molecule has 0 bridgehead atoms. The summed E-state index contributed by atoms with van der Waals surface area (Å²) in [5, 5.41) is 13.7. The quantitative estimate of drug-likeness (QED) is 0.870. The maximum Gasteiger partial charge on any atom is 0.338 e. The normalized spacial score (nSPS) is 19.6. The number of thioether (sulfide) groups is 1. The van der Waals surface area contributed by atoms with Crippen molar-refractivity contribution in [2.24, 2.45) is 5.92 Å². The van der Waals surface area contributed by atoms with Crippen LogP contribution in [0.3, 0.4) is 0 Å². The molecule has 0 radical (unpaired) electrons. The van der Waals surface area contributed by atoms with E-state index in [1.54, 1.807) is 17.1 Å². The fraction of sp³-hybridized carbons (Fsp3) is 0.400. The molecular weight excluding hydrogens is 246 g/mol. The molecule has 4 nitrogen and oxygen atoms in total. The summed E-state index contributed by atoms with van der Waals surface area (Å²) in [4.78, 5) is 22.6. The molecule has 1 atom stereocenters. The van der Waals surface area contributed by atoms with Crippen molar-refractivity contribution in [3.05, 3.63) is 17.0 Å². The summed E-state index contributed by atoms with van der Waals surface area (Å²) in [6.07, 6.45) is 0.879. The highest BCUT2D eigenvalue weighted by molar-refractivity contribution is 7.99. The molecule has 1 unspecified atom stereocenters. The van der Waals surface area contributed by atoms with Gasteiger partial charge in [-0.1, -0.05) is 0 Å². The van der Waals surface area contributed by atoms with Crippen molar-refractivity contribution in [2.75, 3.05) is 16.8 Å². The van der Waals surface area contributed by atoms with Gasteiger partial charge in [-0.05, 0) is 23.6 Å². The van der Waals surface area contributed by atoms with E-state index >= 15 is 0 Å². The Morgan fingerprint density at radius 2 is 2.31 bits per heavy atom. The highest BCUT2D eigenvalue weighted by Crippen LogP contribution is 2.27. The zero-order valence-corrected chi connectivity index (χ0v) is 10.1. The predicted molar refractivity (Wildman–Crippen MR) is 65.3 cm³/mol. The molecule has 16 heavy (non-hydrogen) atoms. The Balaban J connectivity index is 2.05. The summed E-state index contributed by atoms with van der Waals surface area (Å²) < 4.78 is 0. The van der Waals surface area contributed by atoms with Crippen LogP contribution < -0.4 is 5.32 Å². The summed E-state index contributed by atoms with van der Waals surface area (Å²) >= 11 is 3.01. The number of aromatic carboxylic acids is 1. The van der Waals surface area contributed by atoms with Crippen LogP contribution in [0.15, 0.2) is 11.4 Å². The van der Waals surface area contributed by atoms with Gasteiger partial charge in [0.15, 0.2) is 0 Å². The predicted octanol–water partition coefficient (Wildman–Crippen LogP) is 2.14. The zero-order valence-electron chi connectivity index (χ0n) is 8.43. The van der Waals surface area contributed by atoms with Gasteiger partial charge in [-0.25, -0.2) is 4.79 Å². The van der Waals surface area contributed by atoms with Crippen LogP contribution in [0, 0.1) is 5.92 Å². The van der Waals surface area contributed by atoms with Crippen LogP contribution in [-0.2, 0) is 4.79 Å². The number of carbonyl (C=O) groups excluding carboxylic acids is 1. The van der Waals surface area contributed by atoms with Crippen molar-refractivity contribution in [2.45, 2.75) is 6.42 Å². The Labute approximate surface area is 101 Å². The lowest BCUT2D eigenvalue weighted by atomic mass is 10.1. The van der Waals surface area contributed by atoms with Gasteiger partial charge in [-0.15, -0.1) is 11.3 Å². The molecule has 2 N–H and O–H groups in total. The molecule has 6 heteroatoms. The van der Waals surface area contributed by atoms with Crippen molar-refractivity contribution >= 4 is 40.0 Å². The molecule has 1 saturated heterocycles. The van der Waals surface area contributed by atoms with Crippen molar-refractivity contribution in [3.8, 4) is 0 Å². The lowest BCUT2D eigenvalue weighted by Gasteiger charge is -2.08. The summed E-state index contributed by atoms with van der Waals surface area (Å²) in [7, 11) is 0. The van der Waals surface area contributed by atoms with E-state index in [1.165, 1.54) is 17.4 Å². The topological polar surface area (TPSA) is 66.4 Å². The molecule has 0 saturated carbocycles. The van der Waals surface area contributed by atoms with E-state index in [0.717, 1.165) is 17.9 Å². The molecule has 86 valence electrons. The van der Waals surface area contributed by atoms with E-state index < -0.39 is 5.97 Å². The molecule has 2 heterocycles. The number of thiophene rings is 1. The molecule has 1 aromatic rings. The van der Waals surface area contributed by atoms with Crippen LogP contribution in [0.4, 0.5) is 5.00 Å². The molecule has 0 aliphatic carbocycles. The van der Waals surface area contributed by atoms with Gasteiger partial charge in [0.25, 0.3) is 0 Å². The van der Waals surface area contributed by atoms with Crippen molar-refractivity contribution < 1.29 is 14.7 Å². The van der Waals surface area contributed by atoms with Gasteiger partial charge in [0.05, 0.1) is 5.56 Å². The van der Waals surface area contributed by atoms with Crippen molar-refractivity contribution in [3.63, 3.8) is 0 Å². The maximum absolute atomic E-state index is 11.8. The van der Waals surface area contributed by atoms with E-state index in [2.05, 4.69) is 5.32 Å². The highest BCUT2D eigenvalue weighted by atomic mass is 32.2. The average Bonchev–Trinajstić information content (AvgIpc) is 2.86. The van der Waals surface area contributed by atoms with Crippen molar-refractivity contribution in [1.29, 1.82) is 0 Å². The first-order chi connectivity index (χ1) is 7.68. The third-order valence-electron chi connectivity index (χ3n) is 2.43. The lowest BCUT2D eigenvalue weighted by Crippen LogP contribution is -2.22. The SMILES string of the molecule is O=C(O)c1ccsc1NC(=O)C1CCSC1. The summed E-state index contributed by atoms with van der Waals surface area (Å²) in [5.74, 6) is 0.800. The van der Waals surface area contributed by atoms with Crippen LogP contribution >= 0.6 is 23.1 Å². The minimum absolute atomic E-state index is 0.0220. The Kier molecular flexibility index (Phi) is 3.50. The molecule has 2 rings (SSSR count). The largest absolute Gasteiger partial charge is 0.478 e. The number of rotatable bonds is 3. The molecule has 1 fully saturated rings. The summed E-state index contributed by atoms with van der Waals surface area (Å²) in [6.45, 7) is 0. The Hall–Kier alpha value is -1.01. The number of hydrogen-bond acceptors (Lipinski definition) is 4. The van der Waals surface area contributed by atoms with Crippen LogP contribution in [-0.4, -0.2) is 28.5 Å². The second-order valence-corrected chi connectivity index (χ2v) is 5.58. The number of hydrogen-bond donors (Lipinski definition) is 2. The van der Waals surface area contributed by atoms with Gasteiger partial charge in [-0.2, -0.15) is 11.8 Å². The number of carboxylic acids is 1. The second-order valence-electron chi connectivity index (χ2n) is 3.52. The van der Waals surface area contributed by atoms with E-state index in [-0.39, 0.29) is 17.4 Å². The van der Waals surface area contributed by atoms with E-state index in [9.17, 15) is 9.59 Å². The first kappa shape index (κ1) is 11.5. The molecule has 0 spiro atoms. The Morgan fingerprint density at radius 3 is 2.94 bits per heavy atom. The second kappa shape index (κ2) is 4.88. The van der Waals surface area contributed by atoms with Gasteiger partial charge in [0.1, 0.15) is 5.00 Å². The average molecular weight is 257 g/mol. The van der Waals surface area contributed by atoms with Gasteiger partial charge in [0.2, 0.25) is 5.91 Å². The first-order valence-electron chi connectivity index (χ1n) is 4.88. The molecule has 1 aromatic heterocycles. The first-order valence-corrected chi connectivity index (χ1v) is 6.91. The Bertz CT molecular complexity index is 410. The maximum atomic E-state index is 11.8. The van der Waals surface area contributed by atoms with E-state index in [4.69, 9.17) is 5.11 Å². The lowest BCUT2D eigenvalue weighted by molar-refractivity contribution is -0.119. The van der Waals surface area contributed by atoms with E-state index in [0.29, 0.717) is 5.00 Å². The third kappa shape index (κ3) is 2.38. The van der Waals surface area contributed by atoms with Gasteiger partial charge < -0.3 is 10.4 Å². The van der Waals surface area contributed by atoms with Crippen LogP contribution in [0.2, 0.25) is 0 Å².